The maximum absolute atomic E-state index is 13.1. The SMILES string of the molecule is CCCCCn1c2c(c(=O)n(CCCc3cnn(Cc4ccc(F)cc4)c3)c1=O)CC(Cl)=N2. The number of unbranched alkanes of at least 4 members (excludes halogenated alkanes) is 2. The molecule has 0 saturated carbocycles. The molecule has 0 saturated heterocycles. The molecule has 0 unspecified atom stereocenters. The first kappa shape index (κ1) is 23.2. The summed E-state index contributed by atoms with van der Waals surface area (Å²) in [5, 5.41) is 4.71. The quantitative estimate of drug-likeness (QED) is 0.419. The highest BCUT2D eigenvalue weighted by Gasteiger charge is 2.24. The number of hydrogen-bond acceptors (Lipinski definition) is 4. The molecular weight excluding hydrogens is 445 g/mol. The van der Waals surface area contributed by atoms with Crippen LogP contribution in [0.5, 0.6) is 0 Å². The van der Waals surface area contributed by atoms with E-state index in [2.05, 4.69) is 17.0 Å². The fourth-order valence-corrected chi connectivity index (χ4v) is 4.30. The van der Waals surface area contributed by atoms with Crippen molar-refractivity contribution in [1.82, 2.24) is 18.9 Å². The molecule has 1 aliphatic rings. The second-order valence-corrected chi connectivity index (χ2v) is 8.78. The maximum Gasteiger partial charge on any atom is 0.332 e. The van der Waals surface area contributed by atoms with Crippen molar-refractivity contribution in [3.63, 3.8) is 0 Å². The molecule has 0 aliphatic carbocycles. The van der Waals surface area contributed by atoms with E-state index in [0.717, 1.165) is 30.4 Å². The molecule has 0 atom stereocenters. The number of fused-ring (bicyclic) bond motifs is 1. The highest BCUT2D eigenvalue weighted by molar-refractivity contribution is 6.66. The highest BCUT2D eigenvalue weighted by Crippen LogP contribution is 2.24. The molecular formula is C24H27ClFN5O2. The van der Waals surface area contributed by atoms with E-state index in [1.54, 1.807) is 27.6 Å². The monoisotopic (exact) mass is 471 g/mol. The van der Waals surface area contributed by atoms with Gasteiger partial charge in [0.1, 0.15) is 16.8 Å². The summed E-state index contributed by atoms with van der Waals surface area (Å²) in [5.41, 5.74) is 1.86. The molecule has 7 nitrogen and oxygen atoms in total. The Balaban J connectivity index is 1.45. The molecule has 9 heteroatoms. The van der Waals surface area contributed by atoms with E-state index >= 15 is 0 Å². The summed E-state index contributed by atoms with van der Waals surface area (Å²) in [5.74, 6) is 0.157. The number of nitrogens with zero attached hydrogens (tertiary/aromatic N) is 5. The number of aliphatic imine (C=N–C) groups is 1. The average Bonchev–Trinajstić information content (AvgIpc) is 3.41. The molecule has 1 aliphatic heterocycles. The molecule has 0 bridgehead atoms. The number of hydrogen-bond donors (Lipinski definition) is 0. The van der Waals surface area contributed by atoms with Crippen molar-refractivity contribution < 1.29 is 4.39 Å². The van der Waals surface area contributed by atoms with Crippen LogP contribution in [-0.4, -0.2) is 24.1 Å². The van der Waals surface area contributed by atoms with Crippen LogP contribution < -0.4 is 11.2 Å². The lowest BCUT2D eigenvalue weighted by molar-refractivity contribution is 0.513. The van der Waals surface area contributed by atoms with Crippen LogP contribution in [0.25, 0.3) is 0 Å². The van der Waals surface area contributed by atoms with Gasteiger partial charge in [-0.3, -0.25) is 18.6 Å². The zero-order valence-corrected chi connectivity index (χ0v) is 19.4. The molecule has 174 valence electrons. The molecule has 0 amide bonds. The summed E-state index contributed by atoms with van der Waals surface area (Å²) in [6.07, 6.45) is 8.19. The molecule has 0 fully saturated rings. The molecule has 33 heavy (non-hydrogen) atoms. The largest absolute Gasteiger partial charge is 0.332 e. The van der Waals surface area contributed by atoms with Gasteiger partial charge in [-0.25, -0.2) is 14.2 Å². The van der Waals surface area contributed by atoms with Crippen molar-refractivity contribution in [2.75, 3.05) is 0 Å². The third-order valence-electron chi connectivity index (χ3n) is 5.82. The topological polar surface area (TPSA) is 74.2 Å². The lowest BCUT2D eigenvalue weighted by Crippen LogP contribution is -2.41. The lowest BCUT2D eigenvalue weighted by Gasteiger charge is -2.14. The summed E-state index contributed by atoms with van der Waals surface area (Å²) in [6, 6.07) is 6.33. The van der Waals surface area contributed by atoms with E-state index < -0.39 is 0 Å². The normalized spacial score (nSPS) is 12.8. The summed E-state index contributed by atoms with van der Waals surface area (Å²) < 4.78 is 17.8. The van der Waals surface area contributed by atoms with Crippen LogP contribution in [0.1, 0.15) is 49.3 Å². The Hall–Kier alpha value is -3.00. The first-order chi connectivity index (χ1) is 16.0. The van der Waals surface area contributed by atoms with Crippen molar-refractivity contribution in [3.05, 3.63) is 80.0 Å². The van der Waals surface area contributed by atoms with Gasteiger partial charge in [0.05, 0.1) is 18.3 Å². The highest BCUT2D eigenvalue weighted by atomic mass is 35.5. The van der Waals surface area contributed by atoms with Gasteiger partial charge in [-0.05, 0) is 42.5 Å². The number of rotatable bonds is 10. The van der Waals surface area contributed by atoms with E-state index in [1.165, 1.54) is 16.7 Å². The average molecular weight is 472 g/mol. The van der Waals surface area contributed by atoms with Crippen LogP contribution in [0.15, 0.2) is 51.2 Å². The first-order valence-corrected chi connectivity index (χ1v) is 11.7. The Labute approximate surface area is 196 Å². The Morgan fingerprint density at radius 2 is 1.79 bits per heavy atom. The zero-order valence-electron chi connectivity index (χ0n) is 18.6. The van der Waals surface area contributed by atoms with Gasteiger partial charge in [-0.1, -0.05) is 43.5 Å². The van der Waals surface area contributed by atoms with Crippen molar-refractivity contribution >= 4 is 22.6 Å². The Kier molecular flexibility index (Phi) is 7.23. The Morgan fingerprint density at radius 1 is 1.03 bits per heavy atom. The smallest absolute Gasteiger partial charge is 0.278 e. The molecule has 3 aromatic rings. The minimum absolute atomic E-state index is 0.264. The van der Waals surface area contributed by atoms with Gasteiger partial charge in [0.25, 0.3) is 5.56 Å². The fourth-order valence-electron chi connectivity index (χ4n) is 4.09. The second-order valence-electron chi connectivity index (χ2n) is 8.34. The number of halogens is 2. The number of benzene rings is 1. The predicted molar refractivity (Wildman–Crippen MR) is 127 cm³/mol. The first-order valence-electron chi connectivity index (χ1n) is 11.3. The van der Waals surface area contributed by atoms with E-state index in [-0.39, 0.29) is 23.5 Å². The fraction of sp³-hybridized carbons (Fsp3) is 0.417. The van der Waals surface area contributed by atoms with Crippen molar-refractivity contribution in [3.8, 4) is 0 Å². The standard InChI is InChI=1S/C24H27ClFN5O2/c1-2-3-4-11-30-22-20(13-21(25)28-22)23(32)31(24(30)33)12-5-6-18-14-27-29(16-18)15-17-7-9-19(26)10-8-17/h7-10,14,16H,2-6,11-13,15H2,1H3. The van der Waals surface area contributed by atoms with Crippen LogP contribution in [0, 0.1) is 5.82 Å². The van der Waals surface area contributed by atoms with Gasteiger partial charge in [0, 0.05) is 25.7 Å². The Morgan fingerprint density at radius 3 is 2.55 bits per heavy atom. The molecule has 0 radical (unpaired) electrons. The van der Waals surface area contributed by atoms with Gasteiger partial charge in [-0.2, -0.15) is 5.10 Å². The van der Waals surface area contributed by atoms with Crippen molar-refractivity contribution in [2.45, 2.75) is 65.1 Å². The van der Waals surface area contributed by atoms with Gasteiger partial charge < -0.3 is 0 Å². The van der Waals surface area contributed by atoms with E-state index in [4.69, 9.17) is 11.6 Å². The van der Waals surface area contributed by atoms with Gasteiger partial charge >= 0.3 is 5.69 Å². The molecule has 4 rings (SSSR count). The third kappa shape index (κ3) is 5.33. The van der Waals surface area contributed by atoms with Crippen molar-refractivity contribution in [2.24, 2.45) is 4.99 Å². The van der Waals surface area contributed by atoms with E-state index in [0.29, 0.717) is 49.0 Å². The number of aromatic nitrogens is 4. The van der Waals surface area contributed by atoms with E-state index in [9.17, 15) is 14.0 Å². The van der Waals surface area contributed by atoms with Crippen LogP contribution in [-0.2, 0) is 32.5 Å². The summed E-state index contributed by atoms with van der Waals surface area (Å²) >= 11 is 6.10. The zero-order chi connectivity index (χ0) is 23.4. The van der Waals surface area contributed by atoms with Gasteiger partial charge in [-0.15, -0.1) is 0 Å². The second kappa shape index (κ2) is 10.3. The van der Waals surface area contributed by atoms with Crippen LogP contribution in [0.3, 0.4) is 0 Å². The van der Waals surface area contributed by atoms with Crippen LogP contribution in [0.2, 0.25) is 0 Å². The predicted octanol–water partition coefficient (Wildman–Crippen LogP) is 4.04. The van der Waals surface area contributed by atoms with Gasteiger partial charge in [0.2, 0.25) is 0 Å². The van der Waals surface area contributed by atoms with Crippen molar-refractivity contribution in [1.29, 1.82) is 0 Å². The van der Waals surface area contributed by atoms with Crippen LogP contribution >= 0.6 is 11.6 Å². The summed E-state index contributed by atoms with van der Waals surface area (Å²) in [4.78, 5) is 30.3. The van der Waals surface area contributed by atoms with Crippen LogP contribution in [0.4, 0.5) is 10.2 Å². The number of aryl methyl sites for hydroxylation is 1. The third-order valence-corrected chi connectivity index (χ3v) is 6.04. The Bertz CT molecular complexity index is 1270. The summed E-state index contributed by atoms with van der Waals surface area (Å²) in [6.45, 7) is 3.50. The lowest BCUT2D eigenvalue weighted by atomic mass is 10.2. The molecule has 2 aromatic heterocycles. The molecule has 3 heterocycles. The molecule has 0 N–H and O–H groups in total. The van der Waals surface area contributed by atoms with E-state index in [1.807, 2.05) is 6.20 Å². The van der Waals surface area contributed by atoms with Gasteiger partial charge in [0.15, 0.2) is 0 Å². The summed E-state index contributed by atoms with van der Waals surface area (Å²) in [7, 11) is 0. The molecule has 1 aromatic carbocycles. The molecule has 0 spiro atoms. The minimum atomic E-state index is -0.322. The minimum Gasteiger partial charge on any atom is -0.278 e. The maximum atomic E-state index is 13.1.